The summed E-state index contributed by atoms with van der Waals surface area (Å²) in [6, 6.07) is 60.6. The Labute approximate surface area is 326 Å². The van der Waals surface area contributed by atoms with E-state index in [1.54, 1.807) is 11.1 Å². The summed E-state index contributed by atoms with van der Waals surface area (Å²) < 4.78 is 2.70. The Balaban J connectivity index is 0.980. The van der Waals surface area contributed by atoms with Gasteiger partial charge in [0.15, 0.2) is 0 Å². The molecule has 1 heteroatoms. The molecule has 0 unspecified atom stereocenters. The van der Waals surface area contributed by atoms with E-state index in [-0.39, 0.29) is 5.41 Å². The maximum Gasteiger partial charge on any atom is 0.0355 e. The van der Waals surface area contributed by atoms with Gasteiger partial charge in [-0.1, -0.05) is 133 Å². The maximum absolute atomic E-state index is 2.67. The van der Waals surface area contributed by atoms with Crippen LogP contribution in [0, 0.1) is 23.7 Å². The van der Waals surface area contributed by atoms with Crippen molar-refractivity contribution in [1.29, 1.82) is 0 Å². The molecular formula is C54H40S. The highest BCUT2D eigenvalue weighted by Crippen LogP contribution is 2.69. The molecule has 55 heavy (non-hydrogen) atoms. The fourth-order valence-electron chi connectivity index (χ4n) is 12.8. The fraction of sp³-hybridized carbons (Fsp3) is 0.185. The Bertz CT molecular complexity index is 2960. The van der Waals surface area contributed by atoms with Crippen molar-refractivity contribution in [3.8, 4) is 44.5 Å². The van der Waals surface area contributed by atoms with Crippen LogP contribution in [0.25, 0.3) is 86.2 Å². The molecule has 8 aromatic carbocycles. The van der Waals surface area contributed by atoms with Crippen molar-refractivity contribution < 1.29 is 0 Å². The second-order valence-electron chi connectivity index (χ2n) is 17.2. The van der Waals surface area contributed by atoms with E-state index < -0.39 is 0 Å². The zero-order chi connectivity index (χ0) is 35.8. The van der Waals surface area contributed by atoms with E-state index in [1.165, 1.54) is 118 Å². The highest BCUT2D eigenvalue weighted by molar-refractivity contribution is 7.25. The van der Waals surface area contributed by atoms with E-state index in [4.69, 9.17) is 0 Å². The van der Waals surface area contributed by atoms with E-state index in [2.05, 4.69) is 158 Å². The van der Waals surface area contributed by atoms with Crippen LogP contribution in [0.4, 0.5) is 0 Å². The Hall–Kier alpha value is -5.50. The van der Waals surface area contributed by atoms with E-state index in [9.17, 15) is 0 Å². The first-order chi connectivity index (χ1) is 27.2. The Morgan fingerprint density at radius 1 is 0.364 bits per heavy atom. The van der Waals surface area contributed by atoms with Crippen LogP contribution >= 0.6 is 11.3 Å². The number of rotatable bonds is 3. The van der Waals surface area contributed by atoms with Crippen molar-refractivity contribution in [1.82, 2.24) is 0 Å². The monoisotopic (exact) mass is 720 g/mol. The Morgan fingerprint density at radius 3 is 1.56 bits per heavy atom. The molecule has 9 aromatic rings. The van der Waals surface area contributed by atoms with Gasteiger partial charge in [-0.3, -0.25) is 0 Å². The van der Waals surface area contributed by atoms with Crippen LogP contribution in [0.3, 0.4) is 0 Å². The third-order valence-corrected chi connectivity index (χ3v) is 15.8. The van der Waals surface area contributed by atoms with E-state index in [0.29, 0.717) is 0 Å². The molecule has 4 bridgehead atoms. The Morgan fingerprint density at radius 2 is 0.873 bits per heavy atom. The van der Waals surface area contributed by atoms with Crippen LogP contribution in [-0.4, -0.2) is 0 Å². The van der Waals surface area contributed by atoms with Gasteiger partial charge in [0.1, 0.15) is 0 Å². The topological polar surface area (TPSA) is 0 Å². The molecule has 0 saturated heterocycles. The van der Waals surface area contributed by atoms with Gasteiger partial charge in [0, 0.05) is 25.6 Å². The van der Waals surface area contributed by atoms with Gasteiger partial charge in [0.05, 0.1) is 0 Å². The molecule has 4 saturated carbocycles. The minimum Gasteiger partial charge on any atom is -0.135 e. The predicted octanol–water partition coefficient (Wildman–Crippen LogP) is 15.1. The molecule has 5 aliphatic carbocycles. The molecule has 0 radical (unpaired) electrons. The molecule has 5 aliphatic rings. The van der Waals surface area contributed by atoms with Gasteiger partial charge in [-0.25, -0.2) is 0 Å². The number of hydrogen-bond donors (Lipinski definition) is 0. The highest BCUT2D eigenvalue weighted by atomic mass is 32.1. The lowest BCUT2D eigenvalue weighted by atomic mass is 9.43. The largest absolute Gasteiger partial charge is 0.135 e. The molecule has 0 N–H and O–H groups in total. The second-order valence-corrected chi connectivity index (χ2v) is 18.3. The summed E-state index contributed by atoms with van der Waals surface area (Å²) in [5.74, 6) is 3.39. The van der Waals surface area contributed by atoms with Crippen LogP contribution in [-0.2, 0) is 5.41 Å². The molecule has 0 amide bonds. The molecule has 1 spiro atoms. The van der Waals surface area contributed by atoms with E-state index in [0.717, 1.165) is 23.7 Å². The molecule has 4 fully saturated rings. The molecule has 0 nitrogen and oxygen atoms in total. The van der Waals surface area contributed by atoms with Gasteiger partial charge >= 0.3 is 0 Å². The van der Waals surface area contributed by atoms with Crippen molar-refractivity contribution in [3.05, 3.63) is 169 Å². The van der Waals surface area contributed by atoms with Crippen LogP contribution in [0.2, 0.25) is 0 Å². The van der Waals surface area contributed by atoms with Crippen LogP contribution in [0.15, 0.2) is 158 Å². The molecule has 14 rings (SSSR count). The average Bonchev–Trinajstić information content (AvgIpc) is 3.75. The van der Waals surface area contributed by atoms with Crippen molar-refractivity contribution in [3.63, 3.8) is 0 Å². The number of thiophene rings is 1. The number of hydrogen-bond acceptors (Lipinski definition) is 1. The summed E-state index contributed by atoms with van der Waals surface area (Å²) >= 11 is 1.88. The summed E-state index contributed by atoms with van der Waals surface area (Å²) in [6.45, 7) is 0. The minimum absolute atomic E-state index is 0.156. The standard InChI is InChI=1S/C54H40S/c1-3-13-45-43(11-1)52(35-19-17-34(18-20-35)36-22-24-51-47(30-36)42-10-6-8-16-50(42)55-51)44-12-2-4-14-46(44)53(45)37-21-23-41-40-9-5-7-15-48(40)54(49(41)31-37)38-26-32-25-33(28-38)29-39(54)27-32/h1-24,30-33,38-39H,25-29H2. The summed E-state index contributed by atoms with van der Waals surface area (Å²) in [6.07, 6.45) is 7.11. The predicted molar refractivity (Wildman–Crippen MR) is 234 cm³/mol. The van der Waals surface area contributed by atoms with Gasteiger partial charge < -0.3 is 0 Å². The fourth-order valence-corrected chi connectivity index (χ4v) is 13.9. The second kappa shape index (κ2) is 11.3. The van der Waals surface area contributed by atoms with Gasteiger partial charge in [0.25, 0.3) is 0 Å². The molecule has 0 atom stereocenters. The van der Waals surface area contributed by atoms with Crippen molar-refractivity contribution in [2.75, 3.05) is 0 Å². The zero-order valence-electron chi connectivity index (χ0n) is 30.8. The lowest BCUT2D eigenvalue weighted by Gasteiger charge is -2.61. The minimum atomic E-state index is 0.156. The number of benzene rings is 8. The molecule has 1 heterocycles. The summed E-state index contributed by atoms with van der Waals surface area (Å²) in [4.78, 5) is 0. The summed E-state index contributed by atoms with van der Waals surface area (Å²) in [5.41, 5.74) is 14.3. The third kappa shape index (κ3) is 4.17. The summed E-state index contributed by atoms with van der Waals surface area (Å²) in [7, 11) is 0. The van der Waals surface area contributed by atoms with E-state index in [1.807, 2.05) is 11.3 Å². The van der Waals surface area contributed by atoms with Gasteiger partial charge in [-0.15, -0.1) is 11.3 Å². The highest BCUT2D eigenvalue weighted by Gasteiger charge is 2.61. The first kappa shape index (κ1) is 30.8. The third-order valence-electron chi connectivity index (χ3n) is 14.7. The first-order valence-corrected chi connectivity index (χ1v) is 21.2. The lowest BCUT2D eigenvalue weighted by Crippen LogP contribution is -2.55. The quantitative estimate of drug-likeness (QED) is 0.159. The maximum atomic E-state index is 2.67. The van der Waals surface area contributed by atoms with Crippen LogP contribution in [0.5, 0.6) is 0 Å². The van der Waals surface area contributed by atoms with Gasteiger partial charge in [-0.2, -0.15) is 0 Å². The SMILES string of the molecule is c1ccc2c(c1)-c1ccc(-c3c4ccccc4c(-c4ccc(-c5ccc6sc7ccccc7c6c5)cc4)c4ccccc34)cc1C21C2CC3CC(C2)CC1C3. The smallest absolute Gasteiger partial charge is 0.0355 e. The molecule has 0 aliphatic heterocycles. The van der Waals surface area contributed by atoms with Crippen LogP contribution < -0.4 is 0 Å². The average molecular weight is 721 g/mol. The number of fused-ring (bicyclic) bond motifs is 8. The molecular weight excluding hydrogens is 681 g/mol. The van der Waals surface area contributed by atoms with Gasteiger partial charge in [0.2, 0.25) is 0 Å². The van der Waals surface area contributed by atoms with Crippen molar-refractivity contribution in [2.24, 2.45) is 23.7 Å². The lowest BCUT2D eigenvalue weighted by molar-refractivity contribution is -0.0399. The van der Waals surface area contributed by atoms with Crippen molar-refractivity contribution >= 4 is 53.1 Å². The first-order valence-electron chi connectivity index (χ1n) is 20.4. The normalized spacial score (nSPS) is 23.3. The van der Waals surface area contributed by atoms with Gasteiger partial charge in [-0.05, 0) is 157 Å². The molecule has 1 aromatic heterocycles. The summed E-state index contributed by atoms with van der Waals surface area (Å²) in [5, 5.41) is 8.01. The zero-order valence-corrected chi connectivity index (χ0v) is 31.6. The van der Waals surface area contributed by atoms with Crippen LogP contribution in [0.1, 0.15) is 43.2 Å². The molecule has 262 valence electrons. The van der Waals surface area contributed by atoms with Crippen molar-refractivity contribution in [2.45, 2.75) is 37.5 Å². The Kier molecular flexibility index (Phi) is 6.31. The van der Waals surface area contributed by atoms with E-state index >= 15 is 0 Å².